The van der Waals surface area contributed by atoms with Crippen LogP contribution in [-0.4, -0.2) is 36.3 Å². The summed E-state index contributed by atoms with van der Waals surface area (Å²) in [6, 6.07) is 0. The third-order valence-corrected chi connectivity index (χ3v) is 3.93. The molecule has 2 aromatic heterocycles. The Kier molecular flexibility index (Phi) is 2.33. The first-order valence-electron chi connectivity index (χ1n) is 6.92. The normalized spacial score (nSPS) is 18.7. The predicted molar refractivity (Wildman–Crippen MR) is 68.7 cm³/mol. The molecular formula is C12H17N7. The SMILES string of the molecule is CCn1c(C2CC2)nnc1N1CCn2nncc2C1. The number of anilines is 1. The van der Waals surface area contributed by atoms with Crippen molar-refractivity contribution in [3.05, 3.63) is 17.7 Å². The maximum absolute atomic E-state index is 4.42. The molecular weight excluding hydrogens is 242 g/mol. The van der Waals surface area contributed by atoms with Gasteiger partial charge in [0.15, 0.2) is 0 Å². The fourth-order valence-electron chi connectivity index (χ4n) is 2.74. The first-order valence-corrected chi connectivity index (χ1v) is 6.92. The van der Waals surface area contributed by atoms with E-state index in [0.29, 0.717) is 5.92 Å². The zero-order chi connectivity index (χ0) is 12.8. The summed E-state index contributed by atoms with van der Waals surface area (Å²) in [4.78, 5) is 2.28. The predicted octanol–water partition coefficient (Wildman–Crippen LogP) is 0.787. The van der Waals surface area contributed by atoms with Crippen molar-refractivity contribution in [2.45, 2.75) is 45.3 Å². The molecule has 7 nitrogen and oxygen atoms in total. The molecule has 0 unspecified atom stereocenters. The highest BCUT2D eigenvalue weighted by Gasteiger charge is 2.31. The van der Waals surface area contributed by atoms with Crippen LogP contribution in [0.15, 0.2) is 6.20 Å². The van der Waals surface area contributed by atoms with Crippen molar-refractivity contribution in [2.75, 3.05) is 11.4 Å². The average Bonchev–Trinajstić information content (AvgIpc) is 3.03. The van der Waals surface area contributed by atoms with Crippen LogP contribution in [0.25, 0.3) is 0 Å². The van der Waals surface area contributed by atoms with Crippen LogP contribution in [-0.2, 0) is 19.6 Å². The molecule has 1 aliphatic carbocycles. The topological polar surface area (TPSA) is 64.7 Å². The molecule has 4 rings (SSSR count). The second-order valence-electron chi connectivity index (χ2n) is 5.25. The van der Waals surface area contributed by atoms with Gasteiger partial charge in [0.05, 0.1) is 25.0 Å². The molecule has 1 fully saturated rings. The van der Waals surface area contributed by atoms with Gasteiger partial charge in [-0.3, -0.25) is 4.57 Å². The Balaban J connectivity index is 1.66. The first kappa shape index (κ1) is 11.0. The number of rotatable bonds is 3. The van der Waals surface area contributed by atoms with E-state index in [0.717, 1.165) is 43.6 Å². The summed E-state index contributed by atoms with van der Waals surface area (Å²) in [5.41, 5.74) is 1.14. The van der Waals surface area contributed by atoms with Crippen molar-refractivity contribution in [1.82, 2.24) is 29.8 Å². The summed E-state index contributed by atoms with van der Waals surface area (Å²) >= 11 is 0. The molecule has 19 heavy (non-hydrogen) atoms. The maximum atomic E-state index is 4.42. The van der Waals surface area contributed by atoms with E-state index in [-0.39, 0.29) is 0 Å². The third kappa shape index (κ3) is 1.72. The monoisotopic (exact) mass is 259 g/mol. The van der Waals surface area contributed by atoms with Crippen LogP contribution in [0.2, 0.25) is 0 Å². The number of fused-ring (bicyclic) bond motifs is 1. The molecule has 0 atom stereocenters. The lowest BCUT2D eigenvalue weighted by Crippen LogP contribution is -2.35. The lowest BCUT2D eigenvalue weighted by Gasteiger charge is -2.28. The van der Waals surface area contributed by atoms with Gasteiger partial charge in [0, 0.05) is 19.0 Å². The fraction of sp³-hybridized carbons (Fsp3) is 0.667. The van der Waals surface area contributed by atoms with Crippen molar-refractivity contribution in [2.24, 2.45) is 0 Å². The molecule has 1 aliphatic heterocycles. The molecule has 0 saturated heterocycles. The first-order chi connectivity index (χ1) is 9.36. The Hall–Kier alpha value is -1.92. The Labute approximate surface area is 111 Å². The Morgan fingerprint density at radius 3 is 2.95 bits per heavy atom. The fourth-order valence-corrected chi connectivity index (χ4v) is 2.74. The molecule has 100 valence electrons. The van der Waals surface area contributed by atoms with E-state index in [1.54, 1.807) is 0 Å². The van der Waals surface area contributed by atoms with Gasteiger partial charge in [-0.2, -0.15) is 0 Å². The minimum absolute atomic E-state index is 0.637. The van der Waals surface area contributed by atoms with Gasteiger partial charge in [-0.1, -0.05) is 5.21 Å². The van der Waals surface area contributed by atoms with E-state index in [1.165, 1.54) is 12.8 Å². The largest absolute Gasteiger partial charge is 0.333 e. The molecule has 0 aromatic carbocycles. The highest BCUT2D eigenvalue weighted by molar-refractivity contribution is 5.34. The minimum Gasteiger partial charge on any atom is -0.333 e. The molecule has 1 saturated carbocycles. The van der Waals surface area contributed by atoms with Crippen LogP contribution in [0.3, 0.4) is 0 Å². The van der Waals surface area contributed by atoms with Crippen molar-refractivity contribution in [1.29, 1.82) is 0 Å². The lowest BCUT2D eigenvalue weighted by atomic mass is 10.3. The standard InChI is InChI=1S/C12H17N7/c1-2-18-11(9-3-4-9)14-15-12(18)17-5-6-19-10(8-17)7-13-16-19/h7,9H,2-6,8H2,1H3. The Morgan fingerprint density at radius 2 is 2.16 bits per heavy atom. The summed E-state index contributed by atoms with van der Waals surface area (Å²) in [5, 5.41) is 16.8. The number of hydrogen-bond donors (Lipinski definition) is 0. The smallest absolute Gasteiger partial charge is 0.227 e. The second-order valence-corrected chi connectivity index (χ2v) is 5.25. The van der Waals surface area contributed by atoms with Crippen LogP contribution < -0.4 is 4.90 Å². The summed E-state index contributed by atoms with van der Waals surface area (Å²) in [7, 11) is 0. The van der Waals surface area contributed by atoms with E-state index in [9.17, 15) is 0 Å². The molecule has 0 N–H and O–H groups in total. The van der Waals surface area contributed by atoms with Crippen molar-refractivity contribution in [3.8, 4) is 0 Å². The summed E-state index contributed by atoms with van der Waals surface area (Å²) in [5.74, 6) is 2.80. The van der Waals surface area contributed by atoms with Gasteiger partial charge in [0.2, 0.25) is 5.95 Å². The molecule has 7 heteroatoms. The van der Waals surface area contributed by atoms with Gasteiger partial charge in [-0.05, 0) is 19.8 Å². The van der Waals surface area contributed by atoms with Crippen molar-refractivity contribution < 1.29 is 0 Å². The van der Waals surface area contributed by atoms with Crippen LogP contribution in [0.1, 0.15) is 37.2 Å². The van der Waals surface area contributed by atoms with Gasteiger partial charge in [0.25, 0.3) is 0 Å². The van der Waals surface area contributed by atoms with Crippen molar-refractivity contribution in [3.63, 3.8) is 0 Å². The minimum atomic E-state index is 0.637. The highest BCUT2D eigenvalue weighted by Crippen LogP contribution is 2.40. The maximum Gasteiger partial charge on any atom is 0.227 e. The molecule has 0 spiro atoms. The van der Waals surface area contributed by atoms with Gasteiger partial charge in [0.1, 0.15) is 5.82 Å². The second kappa shape index (κ2) is 4.04. The molecule has 0 bridgehead atoms. The Morgan fingerprint density at radius 1 is 1.26 bits per heavy atom. The number of nitrogens with zero attached hydrogens (tertiary/aromatic N) is 7. The molecule has 0 amide bonds. The summed E-state index contributed by atoms with van der Waals surface area (Å²) in [6.45, 7) is 5.69. The molecule has 3 heterocycles. The van der Waals surface area contributed by atoms with Gasteiger partial charge in [-0.25, -0.2) is 4.68 Å². The zero-order valence-electron chi connectivity index (χ0n) is 11.0. The van der Waals surface area contributed by atoms with E-state index in [1.807, 2.05) is 10.9 Å². The van der Waals surface area contributed by atoms with E-state index in [4.69, 9.17) is 0 Å². The Bertz CT molecular complexity index is 595. The van der Waals surface area contributed by atoms with E-state index < -0.39 is 0 Å². The third-order valence-electron chi connectivity index (χ3n) is 3.93. The number of hydrogen-bond acceptors (Lipinski definition) is 5. The van der Waals surface area contributed by atoms with Crippen LogP contribution >= 0.6 is 0 Å². The van der Waals surface area contributed by atoms with Crippen LogP contribution in [0.4, 0.5) is 5.95 Å². The summed E-state index contributed by atoms with van der Waals surface area (Å²) in [6.07, 6.45) is 4.35. The highest BCUT2D eigenvalue weighted by atomic mass is 15.5. The lowest BCUT2D eigenvalue weighted by molar-refractivity contribution is 0.496. The number of aromatic nitrogens is 6. The van der Waals surface area contributed by atoms with Gasteiger partial charge in [-0.15, -0.1) is 15.3 Å². The zero-order valence-corrected chi connectivity index (χ0v) is 11.0. The van der Waals surface area contributed by atoms with Gasteiger partial charge >= 0.3 is 0 Å². The average molecular weight is 259 g/mol. The van der Waals surface area contributed by atoms with Gasteiger partial charge < -0.3 is 4.90 Å². The molecule has 0 radical (unpaired) electrons. The quantitative estimate of drug-likeness (QED) is 0.815. The van der Waals surface area contributed by atoms with E-state index in [2.05, 4.69) is 36.9 Å². The van der Waals surface area contributed by atoms with Crippen molar-refractivity contribution >= 4 is 5.95 Å². The van der Waals surface area contributed by atoms with Crippen LogP contribution in [0, 0.1) is 0 Å². The van der Waals surface area contributed by atoms with E-state index >= 15 is 0 Å². The molecule has 2 aromatic rings. The molecule has 2 aliphatic rings. The summed E-state index contributed by atoms with van der Waals surface area (Å²) < 4.78 is 4.22. The van der Waals surface area contributed by atoms with Crippen LogP contribution in [0.5, 0.6) is 0 Å².